The molecule has 1 aromatic carbocycles. The molecule has 2 aliphatic rings. The zero-order chi connectivity index (χ0) is 15.5. The summed E-state index contributed by atoms with van der Waals surface area (Å²) in [5.41, 5.74) is 0. The number of ether oxygens (including phenoxy) is 2. The lowest BCUT2D eigenvalue weighted by molar-refractivity contribution is -0.119. The number of benzene rings is 1. The fraction of sp³-hybridized carbons (Fsp3) is 0.588. The van der Waals surface area contributed by atoms with E-state index in [1.165, 1.54) is 37.4 Å². The van der Waals surface area contributed by atoms with Crippen LogP contribution in [0.4, 0.5) is 0 Å². The van der Waals surface area contributed by atoms with Crippen molar-refractivity contribution < 1.29 is 14.3 Å². The second-order valence-electron chi connectivity index (χ2n) is 6.15. The largest absolute Gasteiger partial charge is 0.493 e. The van der Waals surface area contributed by atoms with Crippen LogP contribution in [0.1, 0.15) is 25.7 Å². The zero-order valence-corrected chi connectivity index (χ0v) is 13.9. The summed E-state index contributed by atoms with van der Waals surface area (Å²) in [7, 11) is 3.24. The molecular formula is C17H23NO3S. The van der Waals surface area contributed by atoms with Crippen LogP contribution in [-0.2, 0) is 4.79 Å². The van der Waals surface area contributed by atoms with Crippen LogP contribution in [0.3, 0.4) is 0 Å². The summed E-state index contributed by atoms with van der Waals surface area (Å²) in [5, 5.41) is 3.22. The van der Waals surface area contributed by atoms with Crippen molar-refractivity contribution in [2.45, 2.75) is 36.6 Å². The Kier molecular flexibility index (Phi) is 4.81. The predicted molar refractivity (Wildman–Crippen MR) is 87.6 cm³/mol. The average Bonchev–Trinajstić information content (AvgIpc) is 3.15. The van der Waals surface area contributed by atoms with Gasteiger partial charge in [0.15, 0.2) is 11.5 Å². The third-order valence-corrected chi connectivity index (χ3v) is 5.80. The van der Waals surface area contributed by atoms with E-state index in [9.17, 15) is 4.79 Å². The van der Waals surface area contributed by atoms with Gasteiger partial charge in [0.2, 0.25) is 5.91 Å². The summed E-state index contributed by atoms with van der Waals surface area (Å²) < 4.78 is 10.5. The Morgan fingerprint density at radius 2 is 2.05 bits per heavy atom. The van der Waals surface area contributed by atoms with E-state index in [1.54, 1.807) is 14.2 Å². The second-order valence-corrected chi connectivity index (χ2v) is 7.20. The first-order valence-corrected chi connectivity index (χ1v) is 8.82. The Morgan fingerprint density at radius 1 is 1.23 bits per heavy atom. The number of thioether (sulfide) groups is 1. The third kappa shape index (κ3) is 3.35. The van der Waals surface area contributed by atoms with Crippen molar-refractivity contribution in [1.29, 1.82) is 0 Å². The van der Waals surface area contributed by atoms with Crippen molar-refractivity contribution in [3.8, 4) is 11.5 Å². The number of methoxy groups -OCH3 is 2. The van der Waals surface area contributed by atoms with E-state index in [-0.39, 0.29) is 5.91 Å². The van der Waals surface area contributed by atoms with E-state index in [4.69, 9.17) is 9.47 Å². The maximum absolute atomic E-state index is 12.1. The first-order valence-electron chi connectivity index (χ1n) is 7.83. The van der Waals surface area contributed by atoms with Gasteiger partial charge in [-0.1, -0.05) is 6.42 Å². The molecule has 0 spiro atoms. The molecule has 0 heterocycles. The number of hydrogen-bond donors (Lipinski definition) is 1. The molecule has 2 bridgehead atoms. The highest BCUT2D eigenvalue weighted by atomic mass is 32.2. The van der Waals surface area contributed by atoms with Gasteiger partial charge in [-0.05, 0) is 49.3 Å². The lowest BCUT2D eigenvalue weighted by Crippen LogP contribution is -2.39. The Morgan fingerprint density at radius 3 is 2.68 bits per heavy atom. The van der Waals surface area contributed by atoms with Gasteiger partial charge < -0.3 is 14.8 Å². The summed E-state index contributed by atoms with van der Waals surface area (Å²) in [5.74, 6) is 3.56. The Hall–Kier alpha value is -1.36. The quantitative estimate of drug-likeness (QED) is 0.818. The Balaban J connectivity index is 1.50. The summed E-state index contributed by atoms with van der Waals surface area (Å²) in [6, 6.07) is 6.15. The molecule has 0 aromatic heterocycles. The first kappa shape index (κ1) is 15.5. The third-order valence-electron chi connectivity index (χ3n) is 4.81. The maximum Gasteiger partial charge on any atom is 0.230 e. The number of hydrogen-bond acceptors (Lipinski definition) is 4. The van der Waals surface area contributed by atoms with Gasteiger partial charge >= 0.3 is 0 Å². The molecule has 2 saturated carbocycles. The van der Waals surface area contributed by atoms with Crippen LogP contribution in [0, 0.1) is 11.8 Å². The fourth-order valence-electron chi connectivity index (χ4n) is 3.73. The van der Waals surface area contributed by atoms with Crippen LogP contribution in [0.2, 0.25) is 0 Å². The van der Waals surface area contributed by atoms with Crippen molar-refractivity contribution in [2.24, 2.45) is 11.8 Å². The normalized spacial score (nSPS) is 26.0. The minimum Gasteiger partial charge on any atom is -0.493 e. The highest BCUT2D eigenvalue weighted by molar-refractivity contribution is 8.00. The Labute approximate surface area is 135 Å². The molecule has 22 heavy (non-hydrogen) atoms. The molecule has 120 valence electrons. The topological polar surface area (TPSA) is 47.6 Å². The molecule has 0 radical (unpaired) electrons. The van der Waals surface area contributed by atoms with E-state index < -0.39 is 0 Å². The molecule has 1 amide bonds. The first-order chi connectivity index (χ1) is 10.7. The molecular weight excluding hydrogens is 298 g/mol. The van der Waals surface area contributed by atoms with Crippen LogP contribution in [0.15, 0.2) is 23.1 Å². The number of rotatable bonds is 6. The van der Waals surface area contributed by atoms with E-state index in [2.05, 4.69) is 5.32 Å². The smallest absolute Gasteiger partial charge is 0.230 e. The SMILES string of the molecule is COc1ccc(SCC(=O)N[C@@H]2C[C@H]3CC[C@@H]2C3)cc1OC. The molecule has 0 saturated heterocycles. The van der Waals surface area contributed by atoms with E-state index in [1.807, 2.05) is 18.2 Å². The molecule has 1 aromatic rings. The minimum atomic E-state index is 0.136. The van der Waals surface area contributed by atoms with E-state index in [0.717, 1.165) is 16.7 Å². The van der Waals surface area contributed by atoms with Crippen LogP contribution in [-0.4, -0.2) is 31.9 Å². The molecule has 2 aliphatic carbocycles. The lowest BCUT2D eigenvalue weighted by atomic mass is 9.95. The molecule has 3 atom stereocenters. The van der Waals surface area contributed by atoms with Gasteiger partial charge in [-0.3, -0.25) is 4.79 Å². The van der Waals surface area contributed by atoms with Gasteiger partial charge in [-0.25, -0.2) is 0 Å². The van der Waals surface area contributed by atoms with Crippen molar-refractivity contribution in [2.75, 3.05) is 20.0 Å². The van der Waals surface area contributed by atoms with Crippen LogP contribution < -0.4 is 14.8 Å². The van der Waals surface area contributed by atoms with Crippen LogP contribution in [0.5, 0.6) is 11.5 Å². The number of carbonyl (C=O) groups excluding carboxylic acids is 1. The fourth-order valence-corrected chi connectivity index (χ4v) is 4.46. The van der Waals surface area contributed by atoms with Crippen molar-refractivity contribution in [3.63, 3.8) is 0 Å². The van der Waals surface area contributed by atoms with Gasteiger partial charge in [0.25, 0.3) is 0 Å². The molecule has 4 nitrogen and oxygen atoms in total. The van der Waals surface area contributed by atoms with Crippen LogP contribution in [0.25, 0.3) is 0 Å². The molecule has 5 heteroatoms. The molecule has 1 N–H and O–H groups in total. The van der Waals surface area contributed by atoms with Gasteiger partial charge in [-0.15, -0.1) is 11.8 Å². The standard InChI is InChI=1S/C17H23NO3S/c1-20-15-6-5-13(9-16(15)21-2)22-10-17(19)18-14-8-11-3-4-12(14)7-11/h5-6,9,11-12,14H,3-4,7-8,10H2,1-2H3,(H,18,19)/t11-,12+,14+/m0/s1. The average molecular weight is 321 g/mol. The summed E-state index contributed by atoms with van der Waals surface area (Å²) in [4.78, 5) is 13.2. The maximum atomic E-state index is 12.1. The molecule has 0 unspecified atom stereocenters. The highest BCUT2D eigenvalue weighted by Gasteiger charge is 2.39. The summed E-state index contributed by atoms with van der Waals surface area (Å²) >= 11 is 1.53. The number of carbonyl (C=O) groups is 1. The summed E-state index contributed by atoms with van der Waals surface area (Å²) in [6.45, 7) is 0. The molecule has 3 rings (SSSR count). The monoisotopic (exact) mass is 321 g/mol. The summed E-state index contributed by atoms with van der Waals surface area (Å²) in [6.07, 6.45) is 5.14. The predicted octanol–water partition coefficient (Wildman–Crippen LogP) is 3.10. The lowest BCUT2D eigenvalue weighted by Gasteiger charge is -2.22. The second kappa shape index (κ2) is 6.82. The number of amides is 1. The van der Waals surface area contributed by atoms with Crippen molar-refractivity contribution in [1.82, 2.24) is 5.32 Å². The Bertz CT molecular complexity index is 549. The van der Waals surface area contributed by atoms with E-state index in [0.29, 0.717) is 23.3 Å². The van der Waals surface area contributed by atoms with Gasteiger partial charge in [0.05, 0.1) is 20.0 Å². The molecule has 0 aliphatic heterocycles. The molecule has 2 fully saturated rings. The van der Waals surface area contributed by atoms with Gasteiger partial charge in [0.1, 0.15) is 0 Å². The zero-order valence-electron chi connectivity index (χ0n) is 13.1. The highest BCUT2D eigenvalue weighted by Crippen LogP contribution is 2.44. The van der Waals surface area contributed by atoms with Gasteiger partial charge in [0, 0.05) is 10.9 Å². The van der Waals surface area contributed by atoms with Crippen molar-refractivity contribution >= 4 is 17.7 Å². The number of fused-ring (bicyclic) bond motifs is 2. The van der Waals surface area contributed by atoms with E-state index >= 15 is 0 Å². The van der Waals surface area contributed by atoms with Crippen LogP contribution >= 0.6 is 11.8 Å². The van der Waals surface area contributed by atoms with Gasteiger partial charge in [-0.2, -0.15) is 0 Å². The van der Waals surface area contributed by atoms with Crippen molar-refractivity contribution in [3.05, 3.63) is 18.2 Å². The minimum absolute atomic E-state index is 0.136. The number of nitrogens with one attached hydrogen (secondary N) is 1.